The summed E-state index contributed by atoms with van der Waals surface area (Å²) in [6.07, 6.45) is 1.74. The van der Waals surface area contributed by atoms with Gasteiger partial charge in [-0.3, -0.25) is 0 Å². The molecular formula is C20H19N4O2P. The summed E-state index contributed by atoms with van der Waals surface area (Å²) in [7, 11) is 2.33. The maximum Gasteiger partial charge on any atom is 0.166 e. The molecule has 27 heavy (non-hydrogen) atoms. The Morgan fingerprint density at radius 2 is 1.56 bits per heavy atom. The van der Waals surface area contributed by atoms with Crippen LogP contribution in [-0.2, 0) is 0 Å². The van der Waals surface area contributed by atoms with Crippen LogP contribution >= 0.6 is 8.73 Å². The van der Waals surface area contributed by atoms with Crippen LogP contribution in [-0.4, -0.2) is 28.2 Å². The van der Waals surface area contributed by atoms with Gasteiger partial charge in [0.25, 0.3) is 0 Å². The maximum atomic E-state index is 6.11. The van der Waals surface area contributed by atoms with E-state index in [1.54, 1.807) is 6.20 Å². The SMILES string of the molecule is CNc1nn(PC)c2nccc(Oc3ccc(Oc4ccccc4)cc3)c12. The Kier molecular flexibility index (Phi) is 4.90. The minimum Gasteiger partial charge on any atom is -0.457 e. The van der Waals surface area contributed by atoms with E-state index in [2.05, 4.69) is 22.1 Å². The van der Waals surface area contributed by atoms with Crippen LogP contribution in [0.4, 0.5) is 5.82 Å². The summed E-state index contributed by atoms with van der Waals surface area (Å²) in [5.41, 5.74) is 0.807. The van der Waals surface area contributed by atoms with E-state index in [9.17, 15) is 0 Å². The number of nitrogens with one attached hydrogen (secondary N) is 1. The van der Waals surface area contributed by atoms with Crippen LogP contribution in [0.3, 0.4) is 0 Å². The molecule has 0 saturated carbocycles. The highest BCUT2D eigenvalue weighted by Gasteiger charge is 2.15. The van der Waals surface area contributed by atoms with Gasteiger partial charge >= 0.3 is 0 Å². The van der Waals surface area contributed by atoms with Gasteiger partial charge in [-0.25, -0.2) is 9.44 Å². The summed E-state index contributed by atoms with van der Waals surface area (Å²) in [5.74, 6) is 3.74. The average Bonchev–Trinajstić information content (AvgIpc) is 3.09. The summed E-state index contributed by atoms with van der Waals surface area (Å²) < 4.78 is 13.8. The van der Waals surface area contributed by atoms with E-state index < -0.39 is 0 Å². The monoisotopic (exact) mass is 378 g/mol. The van der Waals surface area contributed by atoms with Crippen LogP contribution in [0.2, 0.25) is 0 Å². The largest absolute Gasteiger partial charge is 0.457 e. The third-order valence-corrected chi connectivity index (χ3v) is 4.74. The van der Waals surface area contributed by atoms with Crippen LogP contribution in [0.15, 0.2) is 66.9 Å². The fourth-order valence-corrected chi connectivity index (χ4v) is 3.34. The third kappa shape index (κ3) is 3.57. The summed E-state index contributed by atoms with van der Waals surface area (Å²) >= 11 is 0. The summed E-state index contributed by atoms with van der Waals surface area (Å²) in [6.45, 7) is 2.06. The molecule has 4 rings (SSSR count). The Hall–Kier alpha value is -3.11. The molecule has 0 spiro atoms. The lowest BCUT2D eigenvalue weighted by Gasteiger charge is -2.09. The minimum atomic E-state index is 0.487. The molecule has 0 fully saturated rings. The number of anilines is 1. The summed E-state index contributed by atoms with van der Waals surface area (Å²) in [5, 5.41) is 8.54. The van der Waals surface area contributed by atoms with Crippen molar-refractivity contribution in [2.24, 2.45) is 0 Å². The Morgan fingerprint density at radius 3 is 2.22 bits per heavy atom. The lowest BCUT2D eigenvalue weighted by atomic mass is 10.3. The fourth-order valence-electron chi connectivity index (χ4n) is 2.76. The molecule has 0 radical (unpaired) electrons. The van der Waals surface area contributed by atoms with Gasteiger partial charge in [0.05, 0.1) is 0 Å². The molecule has 2 aromatic heterocycles. The molecule has 0 bridgehead atoms. The van der Waals surface area contributed by atoms with E-state index >= 15 is 0 Å². The number of aromatic nitrogens is 3. The Morgan fingerprint density at radius 1 is 0.889 bits per heavy atom. The molecule has 0 aliphatic heterocycles. The number of nitrogens with zero attached hydrogens (tertiary/aromatic N) is 3. The number of ether oxygens (including phenoxy) is 2. The zero-order valence-electron chi connectivity index (χ0n) is 15.0. The lowest BCUT2D eigenvalue weighted by molar-refractivity contribution is 0.471. The molecule has 1 N–H and O–H groups in total. The first-order valence-electron chi connectivity index (χ1n) is 8.52. The number of benzene rings is 2. The van der Waals surface area contributed by atoms with Crippen molar-refractivity contribution in [1.82, 2.24) is 14.5 Å². The quantitative estimate of drug-likeness (QED) is 0.471. The number of rotatable bonds is 6. The first-order chi connectivity index (χ1) is 13.3. The molecule has 0 aliphatic rings. The normalized spacial score (nSPS) is 11.2. The van der Waals surface area contributed by atoms with Crippen LogP contribution in [0.5, 0.6) is 23.0 Å². The van der Waals surface area contributed by atoms with Crippen molar-refractivity contribution in [3.63, 3.8) is 0 Å². The van der Waals surface area contributed by atoms with Crippen molar-refractivity contribution in [3.8, 4) is 23.0 Å². The molecule has 0 saturated heterocycles. The van der Waals surface area contributed by atoms with Crippen LogP contribution in [0.1, 0.15) is 0 Å². The van der Waals surface area contributed by atoms with Gasteiger partial charge in [0.2, 0.25) is 0 Å². The molecule has 136 valence electrons. The smallest absolute Gasteiger partial charge is 0.166 e. The van der Waals surface area contributed by atoms with Gasteiger partial charge in [0, 0.05) is 28.0 Å². The molecule has 4 aromatic rings. The van der Waals surface area contributed by atoms with Gasteiger partial charge in [0.15, 0.2) is 11.5 Å². The predicted octanol–water partition coefficient (Wildman–Crippen LogP) is 5.13. The van der Waals surface area contributed by atoms with Crippen LogP contribution in [0.25, 0.3) is 11.0 Å². The minimum absolute atomic E-state index is 0.487. The van der Waals surface area contributed by atoms with Gasteiger partial charge in [-0.2, -0.15) is 0 Å². The Balaban J connectivity index is 1.60. The molecule has 1 atom stereocenters. The van der Waals surface area contributed by atoms with E-state index in [0.29, 0.717) is 14.5 Å². The second-order valence-corrected chi connectivity index (χ2v) is 6.60. The molecular weight excluding hydrogens is 359 g/mol. The van der Waals surface area contributed by atoms with E-state index in [0.717, 1.165) is 34.1 Å². The maximum absolute atomic E-state index is 6.11. The highest BCUT2D eigenvalue weighted by molar-refractivity contribution is 7.35. The topological polar surface area (TPSA) is 61.2 Å². The van der Waals surface area contributed by atoms with Gasteiger partial charge in [0.1, 0.15) is 28.4 Å². The average molecular weight is 378 g/mol. The van der Waals surface area contributed by atoms with Crippen molar-refractivity contribution in [3.05, 3.63) is 66.9 Å². The highest BCUT2D eigenvalue weighted by atomic mass is 31.1. The number of hydrogen-bond donors (Lipinski definition) is 1. The van der Waals surface area contributed by atoms with Gasteiger partial charge < -0.3 is 14.8 Å². The Labute approximate surface area is 159 Å². The predicted molar refractivity (Wildman–Crippen MR) is 110 cm³/mol. The summed E-state index contributed by atoms with van der Waals surface area (Å²) in [6, 6.07) is 19.1. The lowest BCUT2D eigenvalue weighted by Crippen LogP contribution is -1.91. The summed E-state index contributed by atoms with van der Waals surface area (Å²) in [4.78, 5) is 4.45. The van der Waals surface area contributed by atoms with Crippen molar-refractivity contribution < 1.29 is 9.47 Å². The zero-order valence-corrected chi connectivity index (χ0v) is 16.0. The van der Waals surface area contributed by atoms with E-state index in [1.807, 2.05) is 72.2 Å². The fraction of sp³-hybridized carbons (Fsp3) is 0.100. The standard InChI is InChI=1S/C20H19N4O2P/c1-21-19-18-17(12-13-22-20(18)24(23-19)27-2)26-16-10-8-15(9-11-16)25-14-6-4-3-5-7-14/h3-13,27H,1-2H3,(H,21,23). The molecule has 0 aliphatic carbocycles. The van der Waals surface area contributed by atoms with Crippen molar-refractivity contribution >= 4 is 25.6 Å². The molecule has 6 nitrogen and oxygen atoms in total. The number of pyridine rings is 1. The first kappa shape index (κ1) is 17.3. The molecule has 2 heterocycles. The molecule has 7 heteroatoms. The third-order valence-electron chi connectivity index (χ3n) is 4.01. The van der Waals surface area contributed by atoms with Crippen molar-refractivity contribution in [2.45, 2.75) is 0 Å². The molecule has 0 amide bonds. The van der Waals surface area contributed by atoms with E-state index in [1.165, 1.54) is 0 Å². The van der Waals surface area contributed by atoms with Gasteiger partial charge in [-0.05, 0) is 43.1 Å². The van der Waals surface area contributed by atoms with Crippen molar-refractivity contribution in [1.29, 1.82) is 0 Å². The highest BCUT2D eigenvalue weighted by Crippen LogP contribution is 2.36. The molecule has 1 unspecified atom stereocenters. The van der Waals surface area contributed by atoms with E-state index in [4.69, 9.17) is 9.47 Å². The molecule has 2 aromatic carbocycles. The van der Waals surface area contributed by atoms with Gasteiger partial charge in [-0.15, -0.1) is 5.10 Å². The number of hydrogen-bond acceptors (Lipinski definition) is 5. The second-order valence-electron chi connectivity index (χ2n) is 5.73. The Bertz CT molecular complexity index is 1050. The first-order valence-corrected chi connectivity index (χ1v) is 9.97. The zero-order chi connectivity index (χ0) is 18.6. The number of fused-ring (bicyclic) bond motifs is 1. The van der Waals surface area contributed by atoms with E-state index in [-0.39, 0.29) is 0 Å². The number of para-hydroxylation sites is 1. The van der Waals surface area contributed by atoms with Gasteiger partial charge in [-0.1, -0.05) is 18.2 Å². The van der Waals surface area contributed by atoms with Crippen molar-refractivity contribution in [2.75, 3.05) is 19.0 Å². The van der Waals surface area contributed by atoms with Crippen LogP contribution < -0.4 is 14.8 Å². The van der Waals surface area contributed by atoms with Crippen LogP contribution in [0, 0.1) is 0 Å². The second kappa shape index (κ2) is 7.64.